The van der Waals surface area contributed by atoms with Crippen LogP contribution in [-0.2, 0) is 20.9 Å². The maximum Gasteiger partial charge on any atom is 0.338 e. The minimum atomic E-state index is -0.526. The first kappa shape index (κ1) is 21.8. The number of nitrogens with one attached hydrogen (secondary N) is 1. The number of piperidine rings is 1. The van der Waals surface area contributed by atoms with E-state index in [1.165, 1.54) is 24.9 Å². The molecule has 0 unspecified atom stereocenters. The van der Waals surface area contributed by atoms with Gasteiger partial charge in [-0.1, -0.05) is 12.1 Å². The maximum atomic E-state index is 12.2. The molecule has 6 nitrogen and oxygen atoms in total. The van der Waals surface area contributed by atoms with E-state index in [1.807, 2.05) is 50.2 Å². The number of hydrogen-bond acceptors (Lipinski definition) is 5. The molecule has 0 saturated carbocycles. The predicted octanol–water partition coefficient (Wildman–Crippen LogP) is 4.40. The fourth-order valence-electron chi connectivity index (χ4n) is 3.32. The van der Waals surface area contributed by atoms with Gasteiger partial charge in [0.2, 0.25) is 0 Å². The number of anilines is 2. The van der Waals surface area contributed by atoms with Crippen molar-refractivity contribution in [1.29, 1.82) is 0 Å². The predicted molar refractivity (Wildman–Crippen MR) is 118 cm³/mol. The highest BCUT2D eigenvalue weighted by Crippen LogP contribution is 2.21. The van der Waals surface area contributed by atoms with Crippen LogP contribution in [0.3, 0.4) is 0 Å². The molecule has 0 aliphatic carbocycles. The summed E-state index contributed by atoms with van der Waals surface area (Å²) in [6.07, 6.45) is 3.88. The second kappa shape index (κ2) is 10.8. The lowest BCUT2D eigenvalue weighted by atomic mass is 10.1. The molecule has 6 heteroatoms. The highest BCUT2D eigenvalue weighted by molar-refractivity contribution is 5.95. The van der Waals surface area contributed by atoms with Crippen LogP contribution in [0, 0.1) is 0 Å². The van der Waals surface area contributed by atoms with Gasteiger partial charge >= 0.3 is 5.97 Å². The molecule has 2 aromatic rings. The van der Waals surface area contributed by atoms with Crippen molar-refractivity contribution in [1.82, 2.24) is 0 Å². The number of hydrogen-bond donors (Lipinski definition) is 1. The molecule has 0 aromatic heterocycles. The van der Waals surface area contributed by atoms with Crippen LogP contribution in [0.15, 0.2) is 48.5 Å². The summed E-state index contributed by atoms with van der Waals surface area (Å²) in [5.41, 5.74) is 3.24. The van der Waals surface area contributed by atoms with Gasteiger partial charge in [0.15, 0.2) is 6.61 Å². The third kappa shape index (κ3) is 6.59. The van der Waals surface area contributed by atoms with Crippen molar-refractivity contribution < 1.29 is 19.1 Å². The van der Waals surface area contributed by atoms with Crippen LogP contribution in [0.25, 0.3) is 0 Å². The highest BCUT2D eigenvalue weighted by atomic mass is 16.5. The van der Waals surface area contributed by atoms with Gasteiger partial charge in [-0.05, 0) is 75.1 Å². The molecule has 1 aliphatic heterocycles. The Morgan fingerprint density at radius 3 is 2.27 bits per heavy atom. The lowest BCUT2D eigenvalue weighted by molar-refractivity contribution is -0.119. The smallest absolute Gasteiger partial charge is 0.338 e. The number of amides is 1. The van der Waals surface area contributed by atoms with Crippen molar-refractivity contribution in [2.45, 2.75) is 45.8 Å². The van der Waals surface area contributed by atoms with E-state index in [4.69, 9.17) is 9.47 Å². The van der Waals surface area contributed by atoms with E-state index >= 15 is 0 Å². The average molecular weight is 411 g/mol. The largest absolute Gasteiger partial charge is 0.452 e. The minimum absolute atomic E-state index is 0.147. The molecular weight excluding hydrogens is 380 g/mol. The van der Waals surface area contributed by atoms with Gasteiger partial charge in [0, 0.05) is 24.5 Å². The molecule has 1 amide bonds. The van der Waals surface area contributed by atoms with Crippen LogP contribution in [0.5, 0.6) is 0 Å². The number of ether oxygens (including phenoxy) is 2. The van der Waals surface area contributed by atoms with E-state index in [-0.39, 0.29) is 18.6 Å². The molecule has 0 atom stereocenters. The van der Waals surface area contributed by atoms with Crippen LogP contribution in [0.4, 0.5) is 11.4 Å². The Morgan fingerprint density at radius 1 is 0.967 bits per heavy atom. The van der Waals surface area contributed by atoms with E-state index in [0.717, 1.165) is 18.7 Å². The average Bonchev–Trinajstić information content (AvgIpc) is 2.77. The molecule has 1 N–H and O–H groups in total. The summed E-state index contributed by atoms with van der Waals surface area (Å²) in [6.45, 7) is 6.26. The molecule has 3 rings (SSSR count). The van der Waals surface area contributed by atoms with Crippen LogP contribution >= 0.6 is 0 Å². The maximum absolute atomic E-state index is 12.2. The fourth-order valence-corrected chi connectivity index (χ4v) is 3.32. The van der Waals surface area contributed by atoms with E-state index < -0.39 is 5.97 Å². The first-order valence-electron chi connectivity index (χ1n) is 10.5. The van der Waals surface area contributed by atoms with Gasteiger partial charge in [-0.15, -0.1) is 0 Å². The first-order valence-corrected chi connectivity index (χ1v) is 10.5. The van der Waals surface area contributed by atoms with Crippen molar-refractivity contribution >= 4 is 23.3 Å². The summed E-state index contributed by atoms with van der Waals surface area (Å²) in [4.78, 5) is 26.6. The Kier molecular flexibility index (Phi) is 7.85. The summed E-state index contributed by atoms with van der Waals surface area (Å²) in [6, 6.07) is 14.8. The molecule has 0 spiro atoms. The summed E-state index contributed by atoms with van der Waals surface area (Å²) in [5.74, 6) is -0.891. The number of rotatable bonds is 8. The molecular formula is C24H30N2O4. The summed E-state index contributed by atoms with van der Waals surface area (Å²) >= 11 is 0. The molecule has 0 bridgehead atoms. The van der Waals surface area contributed by atoms with Gasteiger partial charge in [-0.25, -0.2) is 4.79 Å². The Balaban J connectivity index is 1.44. The SMILES string of the molecule is CC(C)OCc1ccc(C(=O)OCC(=O)Nc2ccc(N3CCCCC3)cc2)cc1. The van der Waals surface area contributed by atoms with Gasteiger partial charge in [-0.3, -0.25) is 4.79 Å². The normalized spacial score (nSPS) is 13.9. The third-order valence-corrected chi connectivity index (χ3v) is 4.98. The zero-order valence-corrected chi connectivity index (χ0v) is 17.7. The zero-order valence-electron chi connectivity index (χ0n) is 17.7. The van der Waals surface area contributed by atoms with Crippen molar-refractivity contribution in [2.75, 3.05) is 29.9 Å². The standard InChI is InChI=1S/C24H30N2O4/c1-18(2)29-16-19-6-8-20(9-7-19)24(28)30-17-23(27)25-21-10-12-22(13-11-21)26-14-4-3-5-15-26/h6-13,18H,3-5,14-17H2,1-2H3,(H,25,27). The monoisotopic (exact) mass is 410 g/mol. The molecule has 30 heavy (non-hydrogen) atoms. The summed E-state index contributed by atoms with van der Waals surface area (Å²) in [5, 5.41) is 2.76. The molecule has 1 saturated heterocycles. The number of carbonyl (C=O) groups excluding carboxylic acids is 2. The minimum Gasteiger partial charge on any atom is -0.452 e. The molecule has 2 aromatic carbocycles. The zero-order chi connectivity index (χ0) is 21.3. The van der Waals surface area contributed by atoms with E-state index in [2.05, 4.69) is 10.2 Å². The number of carbonyl (C=O) groups is 2. The lowest BCUT2D eigenvalue weighted by Gasteiger charge is -2.28. The number of benzene rings is 2. The van der Waals surface area contributed by atoms with Gasteiger partial charge in [0.25, 0.3) is 5.91 Å². The number of esters is 1. The molecule has 1 heterocycles. The second-order valence-electron chi connectivity index (χ2n) is 7.78. The fraction of sp³-hybridized carbons (Fsp3) is 0.417. The van der Waals surface area contributed by atoms with Gasteiger partial charge in [0.1, 0.15) is 0 Å². The van der Waals surface area contributed by atoms with Crippen molar-refractivity contribution in [3.8, 4) is 0 Å². The Morgan fingerprint density at radius 2 is 1.63 bits per heavy atom. The van der Waals surface area contributed by atoms with Crippen LogP contribution in [0.2, 0.25) is 0 Å². The van der Waals surface area contributed by atoms with Gasteiger partial charge < -0.3 is 19.7 Å². The lowest BCUT2D eigenvalue weighted by Crippen LogP contribution is -2.29. The number of nitrogens with zero attached hydrogens (tertiary/aromatic N) is 1. The first-order chi connectivity index (χ1) is 14.5. The highest BCUT2D eigenvalue weighted by Gasteiger charge is 2.13. The third-order valence-electron chi connectivity index (χ3n) is 4.98. The van der Waals surface area contributed by atoms with E-state index in [1.54, 1.807) is 12.1 Å². The summed E-state index contributed by atoms with van der Waals surface area (Å²) in [7, 11) is 0. The van der Waals surface area contributed by atoms with Crippen molar-refractivity contribution in [3.63, 3.8) is 0 Å². The van der Waals surface area contributed by atoms with E-state index in [0.29, 0.717) is 17.9 Å². The second-order valence-corrected chi connectivity index (χ2v) is 7.78. The molecule has 0 radical (unpaired) electrons. The Labute approximate surface area is 178 Å². The molecule has 160 valence electrons. The molecule has 1 fully saturated rings. The van der Waals surface area contributed by atoms with Crippen LogP contribution in [0.1, 0.15) is 49.0 Å². The van der Waals surface area contributed by atoms with Gasteiger partial charge in [0.05, 0.1) is 18.3 Å². The van der Waals surface area contributed by atoms with Crippen LogP contribution < -0.4 is 10.2 Å². The molecule has 1 aliphatic rings. The van der Waals surface area contributed by atoms with Gasteiger partial charge in [-0.2, -0.15) is 0 Å². The Bertz CT molecular complexity index is 825. The Hall–Kier alpha value is -2.86. The van der Waals surface area contributed by atoms with Crippen molar-refractivity contribution in [3.05, 3.63) is 59.7 Å². The van der Waals surface area contributed by atoms with E-state index in [9.17, 15) is 9.59 Å². The van der Waals surface area contributed by atoms with Crippen LogP contribution in [-0.4, -0.2) is 37.7 Å². The summed E-state index contributed by atoms with van der Waals surface area (Å²) < 4.78 is 10.7. The quantitative estimate of drug-likeness (QED) is 0.654. The topological polar surface area (TPSA) is 67.9 Å². The van der Waals surface area contributed by atoms with Crippen molar-refractivity contribution in [2.24, 2.45) is 0 Å².